The van der Waals surface area contributed by atoms with Crippen LogP contribution in [0.3, 0.4) is 0 Å². The standard InChI is InChI=1S/C11H19N3O4/c1-7(2)13-9(15)6-12-11(18)14-5-3-4-8(14)10(16)17/h7-8H,3-6H2,1-2H3,(H,12,18)(H,13,15)(H,16,17)/t8-/m0/s1. The van der Waals surface area contributed by atoms with Crippen molar-refractivity contribution in [2.24, 2.45) is 0 Å². The van der Waals surface area contributed by atoms with Crippen LogP contribution in [0.5, 0.6) is 0 Å². The molecule has 0 saturated carbocycles. The molecule has 1 rings (SSSR count). The van der Waals surface area contributed by atoms with Crippen LogP contribution in [0.2, 0.25) is 0 Å². The van der Waals surface area contributed by atoms with E-state index in [9.17, 15) is 14.4 Å². The number of carboxylic acids is 1. The lowest BCUT2D eigenvalue weighted by molar-refractivity contribution is -0.141. The van der Waals surface area contributed by atoms with Crippen LogP contribution in [0.25, 0.3) is 0 Å². The maximum absolute atomic E-state index is 11.7. The summed E-state index contributed by atoms with van der Waals surface area (Å²) >= 11 is 0. The second-order valence-electron chi connectivity index (χ2n) is 4.57. The summed E-state index contributed by atoms with van der Waals surface area (Å²) in [6.07, 6.45) is 1.13. The number of nitrogens with zero attached hydrogens (tertiary/aromatic N) is 1. The quantitative estimate of drug-likeness (QED) is 0.647. The van der Waals surface area contributed by atoms with E-state index in [0.29, 0.717) is 19.4 Å². The summed E-state index contributed by atoms with van der Waals surface area (Å²) in [5.74, 6) is -1.29. The summed E-state index contributed by atoms with van der Waals surface area (Å²) in [5.41, 5.74) is 0. The third-order valence-electron chi connectivity index (χ3n) is 2.65. The summed E-state index contributed by atoms with van der Waals surface area (Å²) in [7, 11) is 0. The summed E-state index contributed by atoms with van der Waals surface area (Å²) in [5, 5.41) is 14.0. The number of amides is 3. The fourth-order valence-electron chi connectivity index (χ4n) is 1.90. The summed E-state index contributed by atoms with van der Waals surface area (Å²) < 4.78 is 0. The van der Waals surface area contributed by atoms with Crippen LogP contribution in [0.15, 0.2) is 0 Å². The van der Waals surface area contributed by atoms with Crippen LogP contribution in [0.1, 0.15) is 26.7 Å². The molecule has 102 valence electrons. The third-order valence-corrected chi connectivity index (χ3v) is 2.65. The van der Waals surface area contributed by atoms with Crippen molar-refractivity contribution in [1.82, 2.24) is 15.5 Å². The van der Waals surface area contributed by atoms with Gasteiger partial charge in [0, 0.05) is 12.6 Å². The Kier molecular flexibility index (Phi) is 4.94. The number of hydrogen-bond donors (Lipinski definition) is 3. The molecule has 7 heteroatoms. The van der Waals surface area contributed by atoms with Gasteiger partial charge in [-0.05, 0) is 26.7 Å². The van der Waals surface area contributed by atoms with E-state index in [0.717, 1.165) is 0 Å². The van der Waals surface area contributed by atoms with Gasteiger partial charge in [-0.2, -0.15) is 0 Å². The van der Waals surface area contributed by atoms with E-state index in [1.807, 2.05) is 13.8 Å². The maximum Gasteiger partial charge on any atom is 0.326 e. The van der Waals surface area contributed by atoms with Gasteiger partial charge in [-0.1, -0.05) is 0 Å². The SMILES string of the molecule is CC(C)NC(=O)CNC(=O)N1CCC[C@H]1C(=O)O. The smallest absolute Gasteiger partial charge is 0.326 e. The first kappa shape index (κ1) is 14.3. The molecule has 0 aliphatic carbocycles. The number of carboxylic acid groups (broad SMARTS) is 1. The van der Waals surface area contributed by atoms with Crippen molar-refractivity contribution in [1.29, 1.82) is 0 Å². The summed E-state index contributed by atoms with van der Waals surface area (Å²) in [6.45, 7) is 3.91. The minimum Gasteiger partial charge on any atom is -0.480 e. The van der Waals surface area contributed by atoms with E-state index in [-0.39, 0.29) is 18.5 Å². The molecule has 0 aromatic rings. The molecular formula is C11H19N3O4. The molecule has 1 aliphatic rings. The van der Waals surface area contributed by atoms with Crippen LogP contribution >= 0.6 is 0 Å². The van der Waals surface area contributed by atoms with Gasteiger partial charge >= 0.3 is 12.0 Å². The first-order valence-electron chi connectivity index (χ1n) is 5.98. The summed E-state index contributed by atoms with van der Waals surface area (Å²) in [4.78, 5) is 35.2. The van der Waals surface area contributed by atoms with E-state index in [1.165, 1.54) is 4.90 Å². The van der Waals surface area contributed by atoms with Gasteiger partial charge in [0.1, 0.15) is 6.04 Å². The van der Waals surface area contributed by atoms with Crippen LogP contribution in [0, 0.1) is 0 Å². The zero-order valence-electron chi connectivity index (χ0n) is 10.6. The van der Waals surface area contributed by atoms with E-state index >= 15 is 0 Å². The molecule has 0 unspecified atom stereocenters. The molecule has 1 saturated heterocycles. The van der Waals surface area contributed by atoms with Gasteiger partial charge in [0.05, 0.1) is 6.54 Å². The van der Waals surface area contributed by atoms with Crippen molar-refractivity contribution in [3.05, 3.63) is 0 Å². The number of urea groups is 1. The fourth-order valence-corrected chi connectivity index (χ4v) is 1.90. The van der Waals surface area contributed by atoms with E-state index < -0.39 is 18.0 Å². The lowest BCUT2D eigenvalue weighted by atomic mass is 10.2. The molecule has 7 nitrogen and oxygen atoms in total. The van der Waals surface area contributed by atoms with E-state index in [4.69, 9.17) is 5.11 Å². The van der Waals surface area contributed by atoms with Crippen molar-refractivity contribution >= 4 is 17.9 Å². The number of aliphatic carboxylic acids is 1. The van der Waals surface area contributed by atoms with Gasteiger partial charge in [0.2, 0.25) is 5.91 Å². The first-order valence-corrected chi connectivity index (χ1v) is 5.98. The highest BCUT2D eigenvalue weighted by molar-refractivity contribution is 5.87. The Hall–Kier alpha value is -1.79. The second-order valence-corrected chi connectivity index (χ2v) is 4.57. The molecule has 0 radical (unpaired) electrons. The average Bonchev–Trinajstić information content (AvgIpc) is 2.73. The van der Waals surface area contributed by atoms with E-state index in [2.05, 4.69) is 10.6 Å². The van der Waals surface area contributed by atoms with Crippen molar-refractivity contribution in [3.63, 3.8) is 0 Å². The molecule has 3 amide bonds. The molecule has 1 fully saturated rings. The van der Waals surface area contributed by atoms with Gasteiger partial charge in [0.15, 0.2) is 0 Å². The van der Waals surface area contributed by atoms with Crippen LogP contribution < -0.4 is 10.6 Å². The van der Waals surface area contributed by atoms with Gasteiger partial charge in [-0.25, -0.2) is 9.59 Å². The zero-order valence-corrected chi connectivity index (χ0v) is 10.6. The molecule has 0 aromatic heterocycles. The molecule has 0 spiro atoms. The number of nitrogens with one attached hydrogen (secondary N) is 2. The molecular weight excluding hydrogens is 238 g/mol. The number of carbonyl (C=O) groups excluding carboxylic acids is 2. The maximum atomic E-state index is 11.7. The number of hydrogen-bond acceptors (Lipinski definition) is 3. The largest absolute Gasteiger partial charge is 0.480 e. The van der Waals surface area contributed by atoms with Crippen molar-refractivity contribution in [3.8, 4) is 0 Å². The van der Waals surface area contributed by atoms with Crippen LogP contribution in [-0.2, 0) is 9.59 Å². The zero-order chi connectivity index (χ0) is 13.7. The highest BCUT2D eigenvalue weighted by atomic mass is 16.4. The molecule has 3 N–H and O–H groups in total. The van der Waals surface area contributed by atoms with Crippen molar-refractivity contribution in [2.75, 3.05) is 13.1 Å². The third kappa shape index (κ3) is 3.90. The monoisotopic (exact) mass is 257 g/mol. The van der Waals surface area contributed by atoms with Crippen molar-refractivity contribution in [2.45, 2.75) is 38.8 Å². The molecule has 1 heterocycles. The molecule has 0 aromatic carbocycles. The predicted molar refractivity (Wildman–Crippen MR) is 64.0 cm³/mol. The summed E-state index contributed by atoms with van der Waals surface area (Å²) in [6, 6.07) is -1.27. The van der Waals surface area contributed by atoms with Crippen molar-refractivity contribution < 1.29 is 19.5 Å². The number of rotatable bonds is 4. The lowest BCUT2D eigenvalue weighted by Gasteiger charge is -2.21. The first-order chi connectivity index (χ1) is 8.41. The Labute approximate surface area is 106 Å². The van der Waals surface area contributed by atoms with E-state index in [1.54, 1.807) is 0 Å². The normalized spacial score (nSPS) is 18.8. The predicted octanol–water partition coefficient (Wildman–Crippen LogP) is -0.230. The number of likely N-dealkylation sites (tertiary alicyclic amines) is 1. The van der Waals surface area contributed by atoms with Gasteiger partial charge < -0.3 is 20.6 Å². The second kappa shape index (κ2) is 6.23. The molecule has 18 heavy (non-hydrogen) atoms. The Balaban J connectivity index is 2.41. The molecule has 1 atom stereocenters. The number of carbonyl (C=O) groups is 3. The Bertz CT molecular complexity index is 343. The highest BCUT2D eigenvalue weighted by Gasteiger charge is 2.33. The lowest BCUT2D eigenvalue weighted by Crippen LogP contribution is -2.49. The van der Waals surface area contributed by atoms with Crippen LogP contribution in [-0.4, -0.2) is 53.1 Å². The topological polar surface area (TPSA) is 98.7 Å². The Morgan fingerprint density at radius 3 is 2.61 bits per heavy atom. The molecule has 0 bridgehead atoms. The van der Waals surface area contributed by atoms with Crippen LogP contribution in [0.4, 0.5) is 4.79 Å². The fraction of sp³-hybridized carbons (Fsp3) is 0.727. The highest BCUT2D eigenvalue weighted by Crippen LogP contribution is 2.16. The average molecular weight is 257 g/mol. The van der Waals surface area contributed by atoms with Gasteiger partial charge in [0.25, 0.3) is 0 Å². The minimum absolute atomic E-state index is 0.00737. The van der Waals surface area contributed by atoms with Gasteiger partial charge in [-0.3, -0.25) is 4.79 Å². The van der Waals surface area contributed by atoms with Gasteiger partial charge in [-0.15, -0.1) is 0 Å². The minimum atomic E-state index is -1.01. The Morgan fingerprint density at radius 1 is 1.39 bits per heavy atom. The Morgan fingerprint density at radius 2 is 2.06 bits per heavy atom. The molecule has 1 aliphatic heterocycles.